The van der Waals surface area contributed by atoms with Crippen molar-refractivity contribution in [1.82, 2.24) is 0 Å². The number of hydrogen-bond acceptors (Lipinski definition) is 5. The summed E-state index contributed by atoms with van der Waals surface area (Å²) in [5.74, 6) is -1.16. The summed E-state index contributed by atoms with van der Waals surface area (Å²) in [5, 5.41) is 0.653. The number of halogens is 1. The van der Waals surface area contributed by atoms with Gasteiger partial charge in [-0.15, -0.1) is 0 Å². The summed E-state index contributed by atoms with van der Waals surface area (Å²) in [4.78, 5) is 25.3. The van der Waals surface area contributed by atoms with Gasteiger partial charge in [-0.2, -0.15) is 0 Å². The van der Waals surface area contributed by atoms with Crippen molar-refractivity contribution < 1.29 is 19.1 Å². The quantitative estimate of drug-likeness (QED) is 0.788. The molecule has 0 bridgehead atoms. The topological polar surface area (TPSA) is 52.6 Å². The molecule has 0 aliphatic carbocycles. The molecule has 0 saturated carbocycles. The molecular weight excluding hydrogens is 324 g/mol. The third-order valence-electron chi connectivity index (χ3n) is 2.85. The monoisotopic (exact) mass is 336 g/mol. The fourth-order valence-corrected chi connectivity index (χ4v) is 2.78. The Morgan fingerprint density at radius 2 is 1.41 bits per heavy atom. The third kappa shape index (κ3) is 3.81. The zero-order chi connectivity index (χ0) is 16.1. The molecule has 0 aliphatic rings. The van der Waals surface area contributed by atoms with Crippen LogP contribution in [0.4, 0.5) is 0 Å². The molecule has 0 fully saturated rings. The molecule has 0 aromatic heterocycles. The van der Waals surface area contributed by atoms with E-state index in [1.807, 2.05) is 12.1 Å². The summed E-state index contributed by atoms with van der Waals surface area (Å²) in [6.45, 7) is 0. The lowest BCUT2D eigenvalue weighted by Gasteiger charge is -2.09. The molecule has 22 heavy (non-hydrogen) atoms. The van der Waals surface area contributed by atoms with E-state index < -0.39 is 11.9 Å². The van der Waals surface area contributed by atoms with E-state index in [2.05, 4.69) is 4.74 Å². The number of benzene rings is 2. The third-order valence-corrected chi connectivity index (χ3v) is 4.10. The van der Waals surface area contributed by atoms with Gasteiger partial charge in [-0.05, 0) is 42.5 Å². The molecule has 0 atom stereocenters. The average Bonchev–Trinajstić information content (AvgIpc) is 2.55. The zero-order valence-corrected chi connectivity index (χ0v) is 13.5. The SMILES string of the molecule is COC(=O)c1ccc(Sc2ccc(Cl)cc2)cc1C(=O)OC. The van der Waals surface area contributed by atoms with Crippen LogP contribution >= 0.6 is 23.4 Å². The summed E-state index contributed by atoms with van der Waals surface area (Å²) in [6, 6.07) is 12.2. The fourth-order valence-electron chi connectivity index (χ4n) is 1.79. The molecule has 6 heteroatoms. The highest BCUT2D eigenvalue weighted by atomic mass is 35.5. The molecule has 2 aromatic carbocycles. The fraction of sp³-hybridized carbons (Fsp3) is 0.125. The second-order valence-corrected chi connectivity index (χ2v) is 5.83. The van der Waals surface area contributed by atoms with Gasteiger partial charge in [0.2, 0.25) is 0 Å². The predicted molar refractivity (Wildman–Crippen MR) is 84.7 cm³/mol. The van der Waals surface area contributed by atoms with Gasteiger partial charge >= 0.3 is 11.9 Å². The normalized spacial score (nSPS) is 10.1. The highest BCUT2D eigenvalue weighted by Gasteiger charge is 2.19. The molecule has 2 aromatic rings. The Morgan fingerprint density at radius 1 is 0.864 bits per heavy atom. The maximum atomic E-state index is 11.8. The van der Waals surface area contributed by atoms with E-state index in [-0.39, 0.29) is 11.1 Å². The van der Waals surface area contributed by atoms with Gasteiger partial charge in [-0.25, -0.2) is 9.59 Å². The molecule has 0 aliphatic heterocycles. The maximum Gasteiger partial charge on any atom is 0.338 e. The van der Waals surface area contributed by atoms with Crippen LogP contribution in [0.2, 0.25) is 5.02 Å². The molecule has 0 saturated heterocycles. The number of carbonyl (C=O) groups excluding carboxylic acids is 2. The first-order valence-corrected chi connectivity index (χ1v) is 7.48. The van der Waals surface area contributed by atoms with Gasteiger partial charge in [0.15, 0.2) is 0 Å². The van der Waals surface area contributed by atoms with E-state index in [4.69, 9.17) is 16.3 Å². The zero-order valence-electron chi connectivity index (χ0n) is 12.0. The van der Waals surface area contributed by atoms with Gasteiger partial charge in [0.05, 0.1) is 25.3 Å². The van der Waals surface area contributed by atoms with Crippen molar-refractivity contribution in [2.24, 2.45) is 0 Å². The van der Waals surface area contributed by atoms with E-state index in [0.717, 1.165) is 9.79 Å². The number of esters is 2. The second-order valence-electron chi connectivity index (χ2n) is 4.25. The second kappa shape index (κ2) is 7.33. The van der Waals surface area contributed by atoms with Crippen LogP contribution in [0.1, 0.15) is 20.7 Å². The Morgan fingerprint density at radius 3 is 2.00 bits per heavy atom. The molecule has 0 spiro atoms. The van der Waals surface area contributed by atoms with Gasteiger partial charge in [-0.3, -0.25) is 0 Å². The maximum absolute atomic E-state index is 11.8. The summed E-state index contributed by atoms with van der Waals surface area (Å²) in [6.07, 6.45) is 0. The Balaban J connectivity index is 2.35. The summed E-state index contributed by atoms with van der Waals surface area (Å²) in [5.41, 5.74) is 0.350. The molecule has 0 radical (unpaired) electrons. The first-order valence-electron chi connectivity index (χ1n) is 6.29. The van der Waals surface area contributed by atoms with Crippen LogP contribution in [0, 0.1) is 0 Å². The van der Waals surface area contributed by atoms with E-state index in [1.54, 1.807) is 30.3 Å². The highest BCUT2D eigenvalue weighted by molar-refractivity contribution is 7.99. The van der Waals surface area contributed by atoms with Crippen LogP contribution in [0.5, 0.6) is 0 Å². The molecule has 0 amide bonds. The first kappa shape index (κ1) is 16.4. The lowest BCUT2D eigenvalue weighted by atomic mass is 10.1. The van der Waals surface area contributed by atoms with Crippen molar-refractivity contribution in [3.8, 4) is 0 Å². The van der Waals surface area contributed by atoms with Gasteiger partial charge in [0, 0.05) is 14.8 Å². The minimum absolute atomic E-state index is 0.174. The largest absolute Gasteiger partial charge is 0.465 e. The van der Waals surface area contributed by atoms with Crippen molar-refractivity contribution in [3.05, 3.63) is 58.6 Å². The van der Waals surface area contributed by atoms with Crippen molar-refractivity contribution in [3.63, 3.8) is 0 Å². The van der Waals surface area contributed by atoms with E-state index >= 15 is 0 Å². The van der Waals surface area contributed by atoms with Crippen molar-refractivity contribution in [1.29, 1.82) is 0 Å². The van der Waals surface area contributed by atoms with Crippen molar-refractivity contribution in [2.45, 2.75) is 9.79 Å². The lowest BCUT2D eigenvalue weighted by molar-refractivity contribution is 0.0555. The minimum Gasteiger partial charge on any atom is -0.465 e. The molecular formula is C16H13ClO4S. The number of hydrogen-bond donors (Lipinski definition) is 0. The molecule has 0 heterocycles. The van der Waals surface area contributed by atoms with Gasteiger partial charge < -0.3 is 9.47 Å². The standard InChI is InChI=1S/C16H13ClO4S/c1-20-15(18)13-8-7-12(9-14(13)16(19)21-2)22-11-5-3-10(17)4-6-11/h3-9H,1-2H3. The van der Waals surface area contributed by atoms with Crippen LogP contribution in [0.15, 0.2) is 52.3 Å². The number of rotatable bonds is 4. The van der Waals surface area contributed by atoms with Crippen LogP contribution in [-0.2, 0) is 9.47 Å². The number of methoxy groups -OCH3 is 2. The lowest BCUT2D eigenvalue weighted by Crippen LogP contribution is -2.11. The summed E-state index contributed by atoms with van der Waals surface area (Å²) < 4.78 is 9.39. The smallest absolute Gasteiger partial charge is 0.338 e. The van der Waals surface area contributed by atoms with E-state index in [9.17, 15) is 9.59 Å². The minimum atomic E-state index is -0.584. The Labute approximate surface area is 137 Å². The number of ether oxygens (including phenoxy) is 2. The van der Waals surface area contributed by atoms with Crippen molar-refractivity contribution in [2.75, 3.05) is 14.2 Å². The Kier molecular flexibility index (Phi) is 5.46. The molecule has 0 unspecified atom stereocenters. The Hall–Kier alpha value is -1.98. The average molecular weight is 337 g/mol. The van der Waals surface area contributed by atoms with Crippen LogP contribution in [0.25, 0.3) is 0 Å². The molecule has 114 valence electrons. The van der Waals surface area contributed by atoms with E-state index in [0.29, 0.717) is 5.02 Å². The van der Waals surface area contributed by atoms with Gasteiger partial charge in [-0.1, -0.05) is 23.4 Å². The molecule has 4 nitrogen and oxygen atoms in total. The van der Waals surface area contributed by atoms with E-state index in [1.165, 1.54) is 26.0 Å². The summed E-state index contributed by atoms with van der Waals surface area (Å²) >= 11 is 7.30. The van der Waals surface area contributed by atoms with Crippen molar-refractivity contribution >= 4 is 35.3 Å². The van der Waals surface area contributed by atoms with Crippen LogP contribution in [0.3, 0.4) is 0 Å². The van der Waals surface area contributed by atoms with Gasteiger partial charge in [0.25, 0.3) is 0 Å². The highest BCUT2D eigenvalue weighted by Crippen LogP contribution is 2.30. The van der Waals surface area contributed by atoms with Crippen LogP contribution < -0.4 is 0 Å². The Bertz CT molecular complexity index is 698. The van der Waals surface area contributed by atoms with Gasteiger partial charge in [0.1, 0.15) is 0 Å². The summed E-state index contributed by atoms with van der Waals surface area (Å²) in [7, 11) is 2.53. The number of carbonyl (C=O) groups is 2. The molecule has 2 rings (SSSR count). The first-order chi connectivity index (χ1) is 10.5. The predicted octanol–water partition coefficient (Wildman–Crippen LogP) is 4.06. The molecule has 0 N–H and O–H groups in total. The van der Waals surface area contributed by atoms with Crippen LogP contribution in [-0.4, -0.2) is 26.2 Å².